The predicted molar refractivity (Wildman–Crippen MR) is 42.6 cm³/mol. The van der Waals surface area contributed by atoms with Gasteiger partial charge in [-0.2, -0.15) is 0 Å². The van der Waals surface area contributed by atoms with E-state index in [0.29, 0.717) is 0 Å². The van der Waals surface area contributed by atoms with Gasteiger partial charge in [-0.1, -0.05) is 20.3 Å². The summed E-state index contributed by atoms with van der Waals surface area (Å²) in [6, 6.07) is 0. The summed E-state index contributed by atoms with van der Waals surface area (Å²) in [5.74, 6) is 0. The second-order valence-corrected chi connectivity index (χ2v) is 0.707. The molecule has 0 saturated carbocycles. The molecule has 0 unspecified atom stereocenters. The van der Waals surface area contributed by atoms with Crippen LogP contribution in [0.4, 0.5) is 0 Å². The van der Waals surface area contributed by atoms with Gasteiger partial charge in [0.25, 0.3) is 0 Å². The molecule has 40 valence electrons. The van der Waals surface area contributed by atoms with Gasteiger partial charge in [0.05, 0.1) is 0 Å². The Hall–Kier alpha value is 0.470. The highest BCUT2D eigenvalue weighted by atomic mass is 127. The minimum atomic E-state index is 0. The third kappa shape index (κ3) is 244. The Labute approximate surface area is 57.7 Å². The lowest BCUT2D eigenvalue weighted by atomic mass is 10.6. The van der Waals surface area contributed by atoms with Crippen LogP contribution in [0, 0.1) is 0 Å². The lowest BCUT2D eigenvalue weighted by Crippen LogP contribution is -1.27. The van der Waals surface area contributed by atoms with Gasteiger partial charge >= 0.3 is 0 Å². The van der Waals surface area contributed by atoms with Crippen molar-refractivity contribution in [1.82, 2.24) is 0 Å². The summed E-state index contributed by atoms with van der Waals surface area (Å²) in [5.41, 5.74) is 0. The second kappa shape index (κ2) is 50.6. The monoisotopic (exact) mass is 200 g/mol. The van der Waals surface area contributed by atoms with E-state index in [2.05, 4.69) is 27.0 Å². The van der Waals surface area contributed by atoms with E-state index >= 15 is 0 Å². The molecule has 0 aliphatic carbocycles. The van der Waals surface area contributed by atoms with Gasteiger partial charge in [0.15, 0.2) is 0 Å². The summed E-state index contributed by atoms with van der Waals surface area (Å²) < 4.78 is 0. The Morgan fingerprint density at radius 2 is 1.17 bits per heavy atom. The molecular formula is C5H13I. The highest BCUT2D eigenvalue weighted by Gasteiger charge is 1.35. The fourth-order valence-electron chi connectivity index (χ4n) is 0. The Kier molecular flexibility index (Phi) is 136. The molecule has 6 heavy (non-hydrogen) atoms. The van der Waals surface area contributed by atoms with Crippen LogP contribution in [0.2, 0.25) is 0 Å². The van der Waals surface area contributed by atoms with Crippen molar-refractivity contribution >= 4 is 24.0 Å². The van der Waals surface area contributed by atoms with Crippen molar-refractivity contribution in [2.24, 2.45) is 0 Å². The number of halogens is 1. The van der Waals surface area contributed by atoms with Crippen LogP contribution in [0.15, 0.2) is 13.2 Å². The Balaban J connectivity index is -0.0000000275. The first kappa shape index (κ1) is 16.1. The summed E-state index contributed by atoms with van der Waals surface area (Å²) in [6.07, 6.45) is 1.25. The fourth-order valence-corrected chi connectivity index (χ4v) is 0. The Morgan fingerprint density at radius 1 is 1.17 bits per heavy atom. The number of rotatable bonds is 0. The van der Waals surface area contributed by atoms with Crippen molar-refractivity contribution in [3.8, 4) is 0 Å². The molecule has 0 aliphatic heterocycles. The first-order chi connectivity index (χ1) is 2.41. The van der Waals surface area contributed by atoms with Crippen molar-refractivity contribution in [3.05, 3.63) is 13.2 Å². The molecule has 0 aliphatic rings. The summed E-state index contributed by atoms with van der Waals surface area (Å²) in [4.78, 5) is 0. The van der Waals surface area contributed by atoms with Gasteiger partial charge in [0.2, 0.25) is 0 Å². The maximum absolute atomic E-state index is 3.00. The maximum atomic E-state index is 3.00. The molecule has 0 bridgehead atoms. The number of hydrogen-bond acceptors (Lipinski definition) is 0. The van der Waals surface area contributed by atoms with Crippen LogP contribution in [-0.4, -0.2) is 0 Å². The van der Waals surface area contributed by atoms with Crippen molar-refractivity contribution in [1.29, 1.82) is 0 Å². The Bertz CT molecular complexity index is 7.90. The van der Waals surface area contributed by atoms with Crippen molar-refractivity contribution in [3.63, 3.8) is 0 Å². The third-order valence-electron chi connectivity index (χ3n) is 0. The van der Waals surface area contributed by atoms with E-state index in [9.17, 15) is 0 Å². The van der Waals surface area contributed by atoms with Gasteiger partial charge in [-0.15, -0.1) is 37.1 Å². The minimum Gasteiger partial charge on any atom is -0.107 e. The minimum absolute atomic E-state index is 0. The van der Waals surface area contributed by atoms with Crippen LogP contribution in [0.1, 0.15) is 20.3 Å². The predicted octanol–water partition coefficient (Wildman–Crippen LogP) is 2.84. The molecule has 0 aromatic rings. The smallest absolute Gasteiger partial charge is 0.0590 e. The summed E-state index contributed by atoms with van der Waals surface area (Å²) in [6.45, 7) is 10.2. The average molecular weight is 200 g/mol. The molecule has 0 spiro atoms. The zero-order valence-corrected chi connectivity index (χ0v) is 6.86. The van der Waals surface area contributed by atoms with Crippen molar-refractivity contribution < 1.29 is 0 Å². The molecular weight excluding hydrogens is 187 g/mol. The lowest BCUT2D eigenvalue weighted by Gasteiger charge is -1.48. The summed E-state index contributed by atoms with van der Waals surface area (Å²) in [7, 11) is 0. The Morgan fingerprint density at radius 3 is 1.17 bits per heavy atom. The molecule has 0 N–H and O–H groups in total. The van der Waals surface area contributed by atoms with Gasteiger partial charge in [-0.3, -0.25) is 0 Å². The van der Waals surface area contributed by atoms with E-state index in [0.717, 1.165) is 0 Å². The van der Waals surface area contributed by atoms with Gasteiger partial charge in [-0.25, -0.2) is 0 Å². The van der Waals surface area contributed by atoms with Gasteiger partial charge < -0.3 is 0 Å². The van der Waals surface area contributed by atoms with Crippen LogP contribution in [0.25, 0.3) is 0 Å². The molecule has 0 nitrogen and oxygen atoms in total. The second-order valence-electron chi connectivity index (χ2n) is 0.707. The number of hydrogen-bond donors (Lipinski definition) is 0. The first-order valence-corrected chi connectivity index (χ1v) is 1.91. The normalized spacial score (nSPS) is 3.67. The fraction of sp³-hybridized carbons (Fsp3) is 0.600. The molecule has 0 saturated heterocycles. The maximum Gasteiger partial charge on any atom is -0.0590 e. The van der Waals surface area contributed by atoms with Crippen LogP contribution in [-0.2, 0) is 0 Å². The van der Waals surface area contributed by atoms with Crippen LogP contribution in [0.3, 0.4) is 0 Å². The standard InChI is InChI=1S/C3H8.C2H4.HI/c1-3-2;1-2;/h3H2,1-2H3;1-2H2;1H. The molecule has 0 amide bonds. The molecule has 0 aromatic carbocycles. The lowest BCUT2D eigenvalue weighted by molar-refractivity contribution is 1.09. The van der Waals surface area contributed by atoms with E-state index in [4.69, 9.17) is 0 Å². The summed E-state index contributed by atoms with van der Waals surface area (Å²) in [5, 5.41) is 0. The molecule has 0 rings (SSSR count). The topological polar surface area (TPSA) is 0 Å². The van der Waals surface area contributed by atoms with E-state index in [-0.39, 0.29) is 24.0 Å². The van der Waals surface area contributed by atoms with Gasteiger partial charge in [-0.05, 0) is 0 Å². The van der Waals surface area contributed by atoms with E-state index in [1.165, 1.54) is 6.42 Å². The van der Waals surface area contributed by atoms with Crippen LogP contribution >= 0.6 is 24.0 Å². The largest absolute Gasteiger partial charge is 0.107 e. The molecule has 0 heterocycles. The average Bonchev–Trinajstić information content (AvgIpc) is 1.46. The highest BCUT2D eigenvalue weighted by molar-refractivity contribution is 14.0. The quantitative estimate of drug-likeness (QED) is 0.416. The zero-order chi connectivity index (χ0) is 4.71. The molecule has 0 aromatic heterocycles. The third-order valence-corrected chi connectivity index (χ3v) is 0. The highest BCUT2D eigenvalue weighted by Crippen LogP contribution is 1.56. The molecule has 0 radical (unpaired) electrons. The van der Waals surface area contributed by atoms with Crippen LogP contribution < -0.4 is 0 Å². The molecule has 1 heteroatoms. The molecule has 0 fully saturated rings. The molecule has 0 atom stereocenters. The van der Waals surface area contributed by atoms with Gasteiger partial charge in [0.1, 0.15) is 0 Å². The van der Waals surface area contributed by atoms with E-state index < -0.39 is 0 Å². The van der Waals surface area contributed by atoms with Crippen molar-refractivity contribution in [2.45, 2.75) is 20.3 Å². The zero-order valence-electron chi connectivity index (χ0n) is 4.53. The van der Waals surface area contributed by atoms with Crippen LogP contribution in [0.5, 0.6) is 0 Å². The summed E-state index contributed by atoms with van der Waals surface area (Å²) >= 11 is 0. The first-order valence-electron chi connectivity index (χ1n) is 1.91. The SMILES string of the molecule is C=C.CCC.I. The van der Waals surface area contributed by atoms with Crippen molar-refractivity contribution in [2.75, 3.05) is 0 Å². The van der Waals surface area contributed by atoms with E-state index in [1.54, 1.807) is 0 Å². The van der Waals surface area contributed by atoms with E-state index in [1.807, 2.05) is 0 Å². The van der Waals surface area contributed by atoms with Gasteiger partial charge in [0, 0.05) is 0 Å².